The predicted molar refractivity (Wildman–Crippen MR) is 131 cm³/mol. The van der Waals surface area contributed by atoms with Gasteiger partial charge in [0.25, 0.3) is 0 Å². The Labute approximate surface area is 204 Å². The highest BCUT2D eigenvalue weighted by molar-refractivity contribution is 5.90. The smallest absolute Gasteiger partial charge is 0.321 e. The number of anilines is 2. The van der Waals surface area contributed by atoms with Crippen LogP contribution < -0.4 is 24.4 Å². The first-order chi connectivity index (χ1) is 16.9. The van der Waals surface area contributed by atoms with Crippen LogP contribution in [-0.2, 0) is 0 Å². The molecular weight excluding hydrogens is 452 g/mol. The molecule has 3 heterocycles. The molecule has 1 fully saturated rings. The lowest BCUT2D eigenvalue weighted by Crippen LogP contribution is -2.50. The first-order valence-electron chi connectivity index (χ1n) is 11.3. The second-order valence-corrected chi connectivity index (χ2v) is 8.33. The Morgan fingerprint density at radius 1 is 1.03 bits per heavy atom. The number of piperazine rings is 1. The van der Waals surface area contributed by atoms with E-state index >= 15 is 0 Å². The third kappa shape index (κ3) is 5.23. The minimum Gasteiger partial charge on any atom is -0.493 e. The molecule has 0 radical (unpaired) electrons. The Balaban J connectivity index is 1.36. The van der Waals surface area contributed by atoms with Crippen molar-refractivity contribution in [1.29, 1.82) is 0 Å². The molecule has 0 bridgehead atoms. The van der Waals surface area contributed by atoms with Crippen LogP contribution in [0.1, 0.15) is 25.7 Å². The van der Waals surface area contributed by atoms with Crippen LogP contribution in [0.25, 0.3) is 11.4 Å². The summed E-state index contributed by atoms with van der Waals surface area (Å²) in [6, 6.07) is 7.08. The largest absolute Gasteiger partial charge is 0.493 e. The SMILES string of the molecule is COc1cc(NC(=O)N2CCN(c3ccc(-c4noc(C(C)C)n4)cn3)CC2)cc(OC)c1OC. The topological polar surface area (TPSA) is 115 Å². The Morgan fingerprint density at radius 2 is 1.71 bits per heavy atom. The zero-order valence-corrected chi connectivity index (χ0v) is 20.6. The molecular formula is C24H30N6O5. The van der Waals surface area contributed by atoms with Gasteiger partial charge in [-0.05, 0) is 12.1 Å². The van der Waals surface area contributed by atoms with Gasteiger partial charge >= 0.3 is 6.03 Å². The number of carbonyl (C=O) groups is 1. The van der Waals surface area contributed by atoms with Gasteiger partial charge in [-0.15, -0.1) is 0 Å². The van der Waals surface area contributed by atoms with Crippen molar-refractivity contribution in [2.45, 2.75) is 19.8 Å². The molecule has 35 heavy (non-hydrogen) atoms. The zero-order valence-electron chi connectivity index (χ0n) is 20.6. The summed E-state index contributed by atoms with van der Waals surface area (Å²) in [5.41, 5.74) is 1.36. The van der Waals surface area contributed by atoms with E-state index in [4.69, 9.17) is 18.7 Å². The third-order valence-corrected chi connectivity index (χ3v) is 5.75. The quantitative estimate of drug-likeness (QED) is 0.539. The Hall–Kier alpha value is -4.02. The number of ether oxygens (including phenoxy) is 3. The predicted octanol–water partition coefficient (Wildman–Crippen LogP) is 3.63. The minimum atomic E-state index is -0.194. The molecule has 11 nitrogen and oxygen atoms in total. The molecule has 2 amide bonds. The Bertz CT molecular complexity index is 1130. The normalized spacial score (nSPS) is 13.7. The minimum absolute atomic E-state index is 0.172. The number of urea groups is 1. The summed E-state index contributed by atoms with van der Waals surface area (Å²) < 4.78 is 21.3. The molecule has 1 N–H and O–H groups in total. The average molecular weight is 483 g/mol. The number of hydrogen-bond acceptors (Lipinski definition) is 9. The van der Waals surface area contributed by atoms with Crippen LogP contribution in [0.15, 0.2) is 35.0 Å². The lowest BCUT2D eigenvalue weighted by molar-refractivity contribution is 0.208. The van der Waals surface area contributed by atoms with Gasteiger partial charge in [0.2, 0.25) is 17.5 Å². The summed E-state index contributed by atoms with van der Waals surface area (Å²) in [6.45, 7) is 6.44. The third-order valence-electron chi connectivity index (χ3n) is 5.75. The molecule has 3 aromatic rings. The summed E-state index contributed by atoms with van der Waals surface area (Å²) in [6.07, 6.45) is 1.74. The van der Waals surface area contributed by atoms with E-state index in [2.05, 4.69) is 25.3 Å². The fourth-order valence-corrected chi connectivity index (χ4v) is 3.79. The number of nitrogens with zero attached hydrogens (tertiary/aromatic N) is 5. The number of benzene rings is 1. The van der Waals surface area contributed by atoms with Gasteiger partial charge in [-0.25, -0.2) is 9.78 Å². The number of pyridine rings is 1. The van der Waals surface area contributed by atoms with E-state index in [1.165, 1.54) is 21.3 Å². The van der Waals surface area contributed by atoms with Crippen molar-refractivity contribution >= 4 is 17.5 Å². The van der Waals surface area contributed by atoms with Crippen LogP contribution in [-0.4, -0.2) is 73.6 Å². The molecule has 1 saturated heterocycles. The molecule has 0 atom stereocenters. The molecule has 0 unspecified atom stereocenters. The standard InChI is InChI=1S/C24H30N6O5/c1-15(2)23-27-22(28-35-23)16-6-7-20(25-14-16)29-8-10-30(11-9-29)24(31)26-17-12-18(32-3)21(34-5)19(13-17)33-4/h6-7,12-15H,8-11H2,1-5H3,(H,26,31). The van der Waals surface area contributed by atoms with Crippen molar-refractivity contribution in [2.24, 2.45) is 0 Å². The molecule has 1 aliphatic heterocycles. The highest BCUT2D eigenvalue weighted by atomic mass is 16.5. The first-order valence-corrected chi connectivity index (χ1v) is 11.3. The van der Waals surface area contributed by atoms with Gasteiger partial charge in [-0.1, -0.05) is 19.0 Å². The van der Waals surface area contributed by atoms with Gasteiger partial charge < -0.3 is 33.9 Å². The van der Waals surface area contributed by atoms with Crippen molar-refractivity contribution in [3.8, 4) is 28.6 Å². The van der Waals surface area contributed by atoms with Crippen molar-refractivity contribution in [2.75, 3.05) is 57.7 Å². The van der Waals surface area contributed by atoms with E-state index in [0.717, 1.165) is 11.4 Å². The number of amides is 2. The second kappa shape index (κ2) is 10.5. The summed E-state index contributed by atoms with van der Waals surface area (Å²) >= 11 is 0. The van der Waals surface area contributed by atoms with Gasteiger partial charge in [0.05, 0.1) is 27.0 Å². The van der Waals surface area contributed by atoms with Crippen LogP contribution in [0, 0.1) is 0 Å². The molecule has 2 aromatic heterocycles. The summed E-state index contributed by atoms with van der Waals surface area (Å²) in [4.78, 5) is 25.7. The Kier molecular flexibility index (Phi) is 7.23. The molecule has 0 spiro atoms. The lowest BCUT2D eigenvalue weighted by atomic mass is 10.2. The summed E-state index contributed by atoms with van der Waals surface area (Å²) in [5.74, 6) is 3.56. The van der Waals surface area contributed by atoms with Gasteiger partial charge in [0.15, 0.2) is 11.5 Å². The number of nitrogens with one attached hydrogen (secondary N) is 1. The van der Waals surface area contributed by atoms with Crippen molar-refractivity contribution in [3.05, 3.63) is 36.4 Å². The fourth-order valence-electron chi connectivity index (χ4n) is 3.79. The molecule has 1 aliphatic rings. The van der Waals surface area contributed by atoms with E-state index in [1.54, 1.807) is 23.2 Å². The maximum atomic E-state index is 12.9. The number of rotatable bonds is 7. The fraction of sp³-hybridized carbons (Fsp3) is 0.417. The van der Waals surface area contributed by atoms with Gasteiger partial charge in [-0.3, -0.25) is 0 Å². The van der Waals surface area contributed by atoms with Crippen LogP contribution >= 0.6 is 0 Å². The Morgan fingerprint density at radius 3 is 2.23 bits per heavy atom. The number of aromatic nitrogens is 3. The molecule has 0 aliphatic carbocycles. The second-order valence-electron chi connectivity index (χ2n) is 8.33. The molecule has 1 aromatic carbocycles. The number of carbonyl (C=O) groups excluding carboxylic acids is 1. The van der Waals surface area contributed by atoms with Gasteiger partial charge in [0, 0.05) is 56.0 Å². The zero-order chi connectivity index (χ0) is 24.9. The van der Waals surface area contributed by atoms with Crippen LogP contribution in [0.2, 0.25) is 0 Å². The van der Waals surface area contributed by atoms with Crippen LogP contribution in [0.5, 0.6) is 17.2 Å². The highest BCUT2D eigenvalue weighted by Crippen LogP contribution is 2.40. The maximum Gasteiger partial charge on any atom is 0.321 e. The van der Waals surface area contributed by atoms with E-state index in [1.807, 2.05) is 26.0 Å². The number of hydrogen-bond donors (Lipinski definition) is 1. The number of methoxy groups -OCH3 is 3. The van der Waals surface area contributed by atoms with Crippen molar-refractivity contribution in [1.82, 2.24) is 20.0 Å². The summed E-state index contributed by atoms with van der Waals surface area (Å²) in [7, 11) is 4.61. The average Bonchev–Trinajstić information content (AvgIpc) is 3.39. The molecule has 186 valence electrons. The molecule has 4 rings (SSSR count). The molecule has 0 saturated carbocycles. The van der Waals surface area contributed by atoms with E-state index < -0.39 is 0 Å². The van der Waals surface area contributed by atoms with Crippen molar-refractivity contribution in [3.63, 3.8) is 0 Å². The van der Waals surface area contributed by atoms with Gasteiger partial charge in [0.1, 0.15) is 5.82 Å². The van der Waals surface area contributed by atoms with E-state index in [9.17, 15) is 4.79 Å². The molecule has 11 heteroatoms. The van der Waals surface area contributed by atoms with Gasteiger partial charge in [-0.2, -0.15) is 4.98 Å². The van der Waals surface area contributed by atoms with Crippen LogP contribution in [0.3, 0.4) is 0 Å². The van der Waals surface area contributed by atoms with Crippen LogP contribution in [0.4, 0.5) is 16.3 Å². The monoisotopic (exact) mass is 482 g/mol. The maximum absolute atomic E-state index is 12.9. The first kappa shape index (κ1) is 24.1. The van der Waals surface area contributed by atoms with E-state index in [0.29, 0.717) is 60.8 Å². The summed E-state index contributed by atoms with van der Waals surface area (Å²) in [5, 5.41) is 6.95. The van der Waals surface area contributed by atoms with E-state index in [-0.39, 0.29) is 11.9 Å². The lowest BCUT2D eigenvalue weighted by Gasteiger charge is -2.35. The van der Waals surface area contributed by atoms with Crippen molar-refractivity contribution < 1.29 is 23.5 Å². The highest BCUT2D eigenvalue weighted by Gasteiger charge is 2.23.